The quantitative estimate of drug-likeness (QED) is 0.802. The van der Waals surface area contributed by atoms with E-state index in [0.29, 0.717) is 18.2 Å². The van der Waals surface area contributed by atoms with E-state index in [0.717, 1.165) is 38.3 Å². The van der Waals surface area contributed by atoms with Gasteiger partial charge in [0.2, 0.25) is 0 Å². The molecule has 1 heterocycles. The number of nitrogens with zero attached hydrogens (tertiary/aromatic N) is 2. The maximum absolute atomic E-state index is 11.1. The van der Waals surface area contributed by atoms with Crippen LogP contribution in [0, 0.1) is 0 Å². The average molecular weight is 353 g/mol. The fourth-order valence-electron chi connectivity index (χ4n) is 3.39. The molecule has 2 aromatic rings. The number of hydrogen-bond acceptors (Lipinski definition) is 4. The van der Waals surface area contributed by atoms with Crippen LogP contribution >= 0.6 is 0 Å². The van der Waals surface area contributed by atoms with Crippen LogP contribution in [0.2, 0.25) is 0 Å². The molecule has 1 aliphatic rings. The van der Waals surface area contributed by atoms with Crippen molar-refractivity contribution in [2.75, 3.05) is 37.6 Å². The first-order valence-corrected chi connectivity index (χ1v) is 9.20. The first-order chi connectivity index (χ1) is 12.6. The average Bonchev–Trinajstić information content (AvgIpc) is 2.68. The van der Waals surface area contributed by atoms with Gasteiger partial charge in [0.1, 0.15) is 0 Å². The molecule has 0 aromatic heterocycles. The van der Waals surface area contributed by atoms with E-state index in [1.54, 1.807) is 18.2 Å². The molecule has 1 unspecified atom stereocenters. The second-order valence-electron chi connectivity index (χ2n) is 6.91. The molecule has 1 saturated heterocycles. The Morgan fingerprint density at radius 1 is 1.08 bits per heavy atom. The molecule has 2 N–H and O–H groups in total. The summed E-state index contributed by atoms with van der Waals surface area (Å²) in [5, 5.41) is 12.6. The van der Waals surface area contributed by atoms with Crippen LogP contribution in [0.4, 0.5) is 5.69 Å². The fourth-order valence-corrected chi connectivity index (χ4v) is 3.39. The zero-order chi connectivity index (χ0) is 18.4. The van der Waals surface area contributed by atoms with Gasteiger partial charge in [-0.15, -0.1) is 0 Å². The molecule has 0 bridgehead atoms. The molecular formula is C21H27N3O2. The molecule has 2 aromatic carbocycles. The van der Waals surface area contributed by atoms with Crippen LogP contribution in [-0.4, -0.2) is 54.7 Å². The predicted octanol–water partition coefficient (Wildman–Crippen LogP) is 2.69. The number of carbonyl (C=O) groups is 1. The Kier molecular flexibility index (Phi) is 6.26. The number of para-hydroxylation sites is 1. The maximum Gasteiger partial charge on any atom is 0.335 e. The number of rotatable bonds is 7. The summed E-state index contributed by atoms with van der Waals surface area (Å²) in [7, 11) is 0. The molecule has 3 rings (SSSR count). The highest BCUT2D eigenvalue weighted by atomic mass is 16.4. The summed E-state index contributed by atoms with van der Waals surface area (Å²) in [6, 6.07) is 18.1. The van der Waals surface area contributed by atoms with Gasteiger partial charge in [0, 0.05) is 51.0 Å². The normalized spacial score (nSPS) is 16.4. The Hall–Kier alpha value is -2.37. The van der Waals surface area contributed by atoms with Crippen molar-refractivity contribution in [2.24, 2.45) is 0 Å². The lowest BCUT2D eigenvalue weighted by atomic mass is 10.1. The van der Waals surface area contributed by atoms with E-state index in [-0.39, 0.29) is 0 Å². The van der Waals surface area contributed by atoms with Gasteiger partial charge in [0.05, 0.1) is 5.56 Å². The largest absolute Gasteiger partial charge is 0.478 e. The number of hydrogen-bond donors (Lipinski definition) is 2. The summed E-state index contributed by atoms with van der Waals surface area (Å²) in [5.41, 5.74) is 2.65. The van der Waals surface area contributed by atoms with Gasteiger partial charge in [-0.25, -0.2) is 4.79 Å². The third-order valence-electron chi connectivity index (χ3n) is 4.85. The van der Waals surface area contributed by atoms with Gasteiger partial charge in [-0.2, -0.15) is 0 Å². The van der Waals surface area contributed by atoms with Gasteiger partial charge in [0.25, 0.3) is 0 Å². The minimum Gasteiger partial charge on any atom is -0.478 e. The van der Waals surface area contributed by atoms with Gasteiger partial charge >= 0.3 is 5.97 Å². The van der Waals surface area contributed by atoms with Gasteiger partial charge < -0.3 is 15.3 Å². The Labute approximate surface area is 155 Å². The summed E-state index contributed by atoms with van der Waals surface area (Å²) >= 11 is 0. The summed E-state index contributed by atoms with van der Waals surface area (Å²) < 4.78 is 0. The first kappa shape index (κ1) is 18.4. The molecule has 0 amide bonds. The van der Waals surface area contributed by atoms with Crippen LogP contribution in [-0.2, 0) is 6.54 Å². The number of anilines is 1. The molecule has 26 heavy (non-hydrogen) atoms. The third kappa shape index (κ3) is 5.07. The summed E-state index contributed by atoms with van der Waals surface area (Å²) in [6.45, 7) is 8.11. The van der Waals surface area contributed by atoms with Crippen molar-refractivity contribution in [1.29, 1.82) is 0 Å². The zero-order valence-corrected chi connectivity index (χ0v) is 15.3. The van der Waals surface area contributed by atoms with E-state index in [4.69, 9.17) is 5.11 Å². The molecule has 1 atom stereocenters. The predicted molar refractivity (Wildman–Crippen MR) is 105 cm³/mol. The minimum atomic E-state index is -0.879. The van der Waals surface area contributed by atoms with Crippen molar-refractivity contribution in [1.82, 2.24) is 10.2 Å². The topological polar surface area (TPSA) is 55.8 Å². The molecule has 0 radical (unpaired) electrons. The highest BCUT2D eigenvalue weighted by Crippen LogP contribution is 2.15. The molecule has 0 saturated carbocycles. The van der Waals surface area contributed by atoms with Crippen molar-refractivity contribution in [3.05, 3.63) is 65.7 Å². The highest BCUT2D eigenvalue weighted by molar-refractivity contribution is 5.87. The number of carboxylic acids is 1. The molecular weight excluding hydrogens is 326 g/mol. The van der Waals surface area contributed by atoms with Crippen molar-refractivity contribution in [3.63, 3.8) is 0 Å². The van der Waals surface area contributed by atoms with Crippen molar-refractivity contribution in [2.45, 2.75) is 19.5 Å². The maximum atomic E-state index is 11.1. The number of benzene rings is 2. The number of piperazine rings is 1. The second-order valence-corrected chi connectivity index (χ2v) is 6.91. The molecule has 0 aliphatic carbocycles. The van der Waals surface area contributed by atoms with Gasteiger partial charge in [-0.05, 0) is 36.8 Å². The second kappa shape index (κ2) is 8.83. The molecule has 0 spiro atoms. The first-order valence-electron chi connectivity index (χ1n) is 9.20. The van der Waals surface area contributed by atoms with Gasteiger partial charge in [-0.1, -0.05) is 30.3 Å². The number of nitrogens with one attached hydrogen (secondary N) is 1. The van der Waals surface area contributed by atoms with E-state index < -0.39 is 5.97 Å². The molecule has 1 fully saturated rings. The Morgan fingerprint density at radius 2 is 1.81 bits per heavy atom. The monoisotopic (exact) mass is 353 g/mol. The fraction of sp³-hybridized carbons (Fsp3) is 0.381. The van der Waals surface area contributed by atoms with Crippen LogP contribution in [0.15, 0.2) is 54.6 Å². The Bertz CT molecular complexity index is 712. The minimum absolute atomic E-state index is 0.342. The van der Waals surface area contributed by atoms with Crippen molar-refractivity contribution >= 4 is 11.7 Å². The molecule has 5 heteroatoms. The molecule has 1 aliphatic heterocycles. The van der Waals surface area contributed by atoms with Crippen LogP contribution in [0.1, 0.15) is 22.8 Å². The third-order valence-corrected chi connectivity index (χ3v) is 4.85. The summed E-state index contributed by atoms with van der Waals surface area (Å²) in [4.78, 5) is 16.0. The zero-order valence-electron chi connectivity index (χ0n) is 15.3. The van der Waals surface area contributed by atoms with Crippen molar-refractivity contribution in [3.8, 4) is 0 Å². The van der Waals surface area contributed by atoms with E-state index >= 15 is 0 Å². The lowest BCUT2D eigenvalue weighted by molar-refractivity contribution is 0.0696. The SMILES string of the molecule is CC(CN1CCN(c2ccccc2)CC1)NCc1cccc(C(=O)O)c1. The highest BCUT2D eigenvalue weighted by Gasteiger charge is 2.18. The lowest BCUT2D eigenvalue weighted by Crippen LogP contribution is -2.50. The standard InChI is InChI=1S/C21H27N3O2/c1-17(22-15-18-6-5-7-19(14-18)21(25)26)16-23-10-12-24(13-11-23)20-8-3-2-4-9-20/h2-9,14,17,22H,10-13,15-16H2,1H3,(H,25,26). The van der Waals surface area contributed by atoms with Crippen LogP contribution in [0.3, 0.4) is 0 Å². The van der Waals surface area contributed by atoms with Gasteiger partial charge in [-0.3, -0.25) is 4.90 Å². The van der Waals surface area contributed by atoms with E-state index in [2.05, 4.69) is 52.4 Å². The van der Waals surface area contributed by atoms with Crippen LogP contribution in [0.25, 0.3) is 0 Å². The van der Waals surface area contributed by atoms with Crippen LogP contribution in [0.5, 0.6) is 0 Å². The molecule has 138 valence electrons. The molecule has 5 nitrogen and oxygen atoms in total. The summed E-state index contributed by atoms with van der Waals surface area (Å²) in [6.07, 6.45) is 0. The summed E-state index contributed by atoms with van der Waals surface area (Å²) in [5.74, 6) is -0.879. The van der Waals surface area contributed by atoms with E-state index in [1.165, 1.54) is 5.69 Å². The Morgan fingerprint density at radius 3 is 2.50 bits per heavy atom. The van der Waals surface area contributed by atoms with Gasteiger partial charge in [0.15, 0.2) is 0 Å². The Balaban J connectivity index is 1.42. The van der Waals surface area contributed by atoms with Crippen molar-refractivity contribution < 1.29 is 9.90 Å². The smallest absolute Gasteiger partial charge is 0.335 e. The van der Waals surface area contributed by atoms with E-state index in [1.807, 2.05) is 6.07 Å². The number of aromatic carboxylic acids is 1. The lowest BCUT2D eigenvalue weighted by Gasteiger charge is -2.37. The van der Waals surface area contributed by atoms with E-state index in [9.17, 15) is 4.79 Å². The number of carboxylic acid groups (broad SMARTS) is 1. The van der Waals surface area contributed by atoms with Crippen LogP contribution < -0.4 is 10.2 Å².